The van der Waals surface area contributed by atoms with Crippen molar-refractivity contribution in [2.24, 2.45) is 0 Å². The number of rotatable bonds is 3. The van der Waals surface area contributed by atoms with Gasteiger partial charge in [-0.3, -0.25) is 4.79 Å². The van der Waals surface area contributed by atoms with Crippen LogP contribution in [0.1, 0.15) is 10.4 Å². The largest absolute Gasteiger partial charge is 0.493 e. The third-order valence-corrected chi connectivity index (χ3v) is 2.69. The van der Waals surface area contributed by atoms with Crippen LogP contribution < -0.4 is 14.9 Å². The molecule has 0 radical (unpaired) electrons. The molecule has 0 spiro atoms. The fourth-order valence-electron chi connectivity index (χ4n) is 1.80. The predicted octanol–water partition coefficient (Wildman–Crippen LogP) is 1.38. The number of H-pyrrole nitrogens is 1. The van der Waals surface area contributed by atoms with Gasteiger partial charge in [-0.1, -0.05) is 0 Å². The molecule has 0 saturated carbocycles. The van der Waals surface area contributed by atoms with E-state index in [1.807, 2.05) is 0 Å². The Morgan fingerprint density at radius 2 is 2.05 bits per heavy atom. The molecule has 1 aromatic carbocycles. The molecule has 1 heterocycles. The van der Waals surface area contributed by atoms with Crippen molar-refractivity contribution in [2.45, 2.75) is 0 Å². The number of benzene rings is 1. The lowest BCUT2D eigenvalue weighted by Crippen LogP contribution is -2.16. The zero-order chi connectivity index (χ0) is 14.2. The monoisotopic (exact) mass is 267 g/mol. The molecule has 2 N–H and O–H groups in total. The molecule has 0 saturated heterocycles. The van der Waals surface area contributed by atoms with Gasteiger partial charge in [-0.25, -0.2) is 9.18 Å². The lowest BCUT2D eigenvalue weighted by atomic mass is 10.1. The number of carbonyl (C=O) groups is 1. The van der Waals surface area contributed by atoms with E-state index in [1.165, 1.54) is 20.3 Å². The highest BCUT2D eigenvalue weighted by Gasteiger charge is 2.20. The van der Waals surface area contributed by atoms with Gasteiger partial charge in [0, 0.05) is 12.3 Å². The first-order valence-corrected chi connectivity index (χ1v) is 5.20. The number of fused-ring (bicyclic) bond motifs is 1. The normalized spacial score (nSPS) is 10.5. The van der Waals surface area contributed by atoms with Crippen molar-refractivity contribution >= 4 is 16.9 Å². The Hall–Kier alpha value is -2.57. The minimum Gasteiger partial charge on any atom is -0.493 e. The van der Waals surface area contributed by atoms with Gasteiger partial charge in [0.05, 0.1) is 25.1 Å². The number of aromatic amines is 1. The van der Waals surface area contributed by atoms with Crippen molar-refractivity contribution in [1.29, 1.82) is 0 Å². The van der Waals surface area contributed by atoms with E-state index in [4.69, 9.17) is 14.6 Å². The molecule has 2 aromatic rings. The molecule has 0 aliphatic rings. The van der Waals surface area contributed by atoms with Gasteiger partial charge in [0.15, 0.2) is 17.3 Å². The van der Waals surface area contributed by atoms with E-state index >= 15 is 0 Å². The van der Waals surface area contributed by atoms with Gasteiger partial charge in [0.25, 0.3) is 0 Å². The highest BCUT2D eigenvalue weighted by Crippen LogP contribution is 2.34. The molecular formula is C12H10FNO5. The Kier molecular flexibility index (Phi) is 3.12. The Morgan fingerprint density at radius 3 is 2.58 bits per heavy atom. The van der Waals surface area contributed by atoms with E-state index in [2.05, 4.69) is 4.98 Å². The number of halogens is 1. The Labute approximate surface area is 106 Å². The van der Waals surface area contributed by atoms with Crippen molar-refractivity contribution in [1.82, 2.24) is 4.98 Å². The number of hydrogen-bond donors (Lipinski definition) is 2. The molecule has 1 aromatic heterocycles. The van der Waals surface area contributed by atoms with Crippen molar-refractivity contribution in [3.63, 3.8) is 0 Å². The third-order valence-electron chi connectivity index (χ3n) is 2.69. The summed E-state index contributed by atoms with van der Waals surface area (Å²) in [5.74, 6) is -2.53. The van der Waals surface area contributed by atoms with Crippen molar-refractivity contribution in [3.05, 3.63) is 33.9 Å². The average molecular weight is 267 g/mol. The van der Waals surface area contributed by atoms with E-state index in [0.717, 1.165) is 6.20 Å². The summed E-state index contributed by atoms with van der Waals surface area (Å²) in [6.07, 6.45) is 1.01. The van der Waals surface area contributed by atoms with E-state index in [1.54, 1.807) is 0 Å². The molecule has 0 atom stereocenters. The van der Waals surface area contributed by atoms with Crippen LogP contribution in [0, 0.1) is 5.82 Å². The number of aromatic carboxylic acids is 1. The second-order valence-corrected chi connectivity index (χ2v) is 3.69. The Balaban J connectivity index is 2.94. The second kappa shape index (κ2) is 4.60. The van der Waals surface area contributed by atoms with Crippen LogP contribution in [0.4, 0.5) is 4.39 Å². The number of pyridine rings is 1. The van der Waals surface area contributed by atoms with Gasteiger partial charge in [-0.05, 0) is 0 Å². The highest BCUT2D eigenvalue weighted by atomic mass is 19.1. The first-order chi connectivity index (χ1) is 9.01. The maximum absolute atomic E-state index is 14.2. The number of ether oxygens (including phenoxy) is 2. The van der Waals surface area contributed by atoms with Crippen LogP contribution in [0.2, 0.25) is 0 Å². The molecule has 6 nitrogen and oxygen atoms in total. The SMILES string of the molecule is COc1cc2[nH]cc(C(=O)O)c(=O)c2c(F)c1OC. The summed E-state index contributed by atoms with van der Waals surface area (Å²) in [6.45, 7) is 0. The number of nitrogens with one attached hydrogen (secondary N) is 1. The predicted molar refractivity (Wildman–Crippen MR) is 64.6 cm³/mol. The summed E-state index contributed by atoms with van der Waals surface area (Å²) in [7, 11) is 2.55. The minimum absolute atomic E-state index is 0.103. The van der Waals surface area contributed by atoms with Crippen LogP contribution in [-0.4, -0.2) is 30.3 Å². The average Bonchev–Trinajstić information content (AvgIpc) is 2.37. The highest BCUT2D eigenvalue weighted by molar-refractivity contribution is 5.93. The van der Waals surface area contributed by atoms with Gasteiger partial charge < -0.3 is 19.6 Å². The first-order valence-electron chi connectivity index (χ1n) is 5.20. The number of methoxy groups -OCH3 is 2. The second-order valence-electron chi connectivity index (χ2n) is 3.69. The Morgan fingerprint density at radius 1 is 1.37 bits per heavy atom. The first kappa shape index (κ1) is 12.9. The maximum Gasteiger partial charge on any atom is 0.341 e. The van der Waals surface area contributed by atoms with E-state index in [9.17, 15) is 14.0 Å². The molecule has 0 bridgehead atoms. The van der Waals surface area contributed by atoms with Crippen molar-refractivity contribution < 1.29 is 23.8 Å². The van der Waals surface area contributed by atoms with Gasteiger partial charge in [0.1, 0.15) is 5.56 Å². The zero-order valence-electron chi connectivity index (χ0n) is 10.1. The topological polar surface area (TPSA) is 88.6 Å². The molecule has 100 valence electrons. The van der Waals surface area contributed by atoms with Crippen LogP contribution in [0.25, 0.3) is 10.9 Å². The van der Waals surface area contributed by atoms with Gasteiger partial charge in [-0.2, -0.15) is 0 Å². The number of aromatic nitrogens is 1. The van der Waals surface area contributed by atoms with Gasteiger partial charge in [-0.15, -0.1) is 0 Å². The minimum atomic E-state index is -1.43. The van der Waals surface area contributed by atoms with Crippen LogP contribution in [-0.2, 0) is 0 Å². The summed E-state index contributed by atoms with van der Waals surface area (Å²) in [6, 6.07) is 1.37. The fraction of sp³-hybridized carbons (Fsp3) is 0.167. The van der Waals surface area contributed by atoms with E-state index < -0.39 is 22.8 Å². The summed E-state index contributed by atoms with van der Waals surface area (Å²) in [5, 5.41) is 8.47. The lowest BCUT2D eigenvalue weighted by molar-refractivity contribution is 0.0695. The number of hydrogen-bond acceptors (Lipinski definition) is 4. The zero-order valence-corrected chi connectivity index (χ0v) is 10.1. The standard InChI is InChI=1S/C12H10FNO5/c1-18-7-3-6-8(9(13)11(7)19-2)10(15)5(4-14-6)12(16)17/h3-4H,1-2H3,(H,14,15)(H,16,17). The van der Waals surface area contributed by atoms with Gasteiger partial charge >= 0.3 is 5.97 Å². The maximum atomic E-state index is 14.2. The summed E-state index contributed by atoms with van der Waals surface area (Å²) < 4.78 is 24.0. The molecule has 2 rings (SSSR count). The molecule has 0 amide bonds. The number of carboxylic acid groups (broad SMARTS) is 1. The molecule has 0 unspecified atom stereocenters. The van der Waals surface area contributed by atoms with E-state index in [-0.39, 0.29) is 22.4 Å². The van der Waals surface area contributed by atoms with Crippen molar-refractivity contribution in [2.75, 3.05) is 14.2 Å². The van der Waals surface area contributed by atoms with Crippen molar-refractivity contribution in [3.8, 4) is 11.5 Å². The van der Waals surface area contributed by atoms with E-state index in [0.29, 0.717) is 0 Å². The smallest absolute Gasteiger partial charge is 0.341 e. The van der Waals surface area contributed by atoms with Crippen LogP contribution >= 0.6 is 0 Å². The molecule has 7 heteroatoms. The molecule has 0 fully saturated rings. The third kappa shape index (κ3) is 1.88. The quantitative estimate of drug-likeness (QED) is 0.877. The van der Waals surface area contributed by atoms with Gasteiger partial charge in [0.2, 0.25) is 5.43 Å². The van der Waals surface area contributed by atoms with Crippen LogP contribution in [0.5, 0.6) is 11.5 Å². The molecule has 0 aliphatic carbocycles. The lowest BCUT2D eigenvalue weighted by Gasteiger charge is -2.10. The molecule has 0 aliphatic heterocycles. The summed E-state index contributed by atoms with van der Waals surface area (Å²) in [5.41, 5.74) is -1.33. The van der Waals surface area contributed by atoms with Crippen LogP contribution in [0.3, 0.4) is 0 Å². The fourth-order valence-corrected chi connectivity index (χ4v) is 1.80. The number of carboxylic acids is 1. The summed E-state index contributed by atoms with van der Waals surface area (Å²) in [4.78, 5) is 25.3. The Bertz CT molecular complexity index is 722. The summed E-state index contributed by atoms with van der Waals surface area (Å²) >= 11 is 0. The van der Waals surface area contributed by atoms with Crippen LogP contribution in [0.15, 0.2) is 17.1 Å². The molecule has 19 heavy (non-hydrogen) atoms. The molecular weight excluding hydrogens is 257 g/mol.